The predicted molar refractivity (Wildman–Crippen MR) is 80.6 cm³/mol. The molecule has 0 fully saturated rings. The van der Waals surface area contributed by atoms with E-state index in [1.54, 1.807) is 26.5 Å². The van der Waals surface area contributed by atoms with Crippen molar-refractivity contribution in [3.05, 3.63) is 42.2 Å². The van der Waals surface area contributed by atoms with Crippen molar-refractivity contribution in [3.8, 4) is 11.5 Å². The van der Waals surface area contributed by atoms with Crippen LogP contribution in [-0.4, -0.2) is 29.0 Å². The molecule has 0 bridgehead atoms. The van der Waals surface area contributed by atoms with Crippen LogP contribution in [-0.2, 0) is 6.54 Å². The van der Waals surface area contributed by atoms with E-state index in [9.17, 15) is 0 Å². The molecular formula is C15H16N4O2. The van der Waals surface area contributed by atoms with E-state index < -0.39 is 0 Å². The Balaban J connectivity index is 2.07. The fourth-order valence-corrected chi connectivity index (χ4v) is 2.38. The van der Waals surface area contributed by atoms with E-state index in [1.807, 2.05) is 28.9 Å². The van der Waals surface area contributed by atoms with Gasteiger partial charge in [0.05, 0.1) is 26.3 Å². The maximum Gasteiger partial charge on any atom is 0.184 e. The lowest BCUT2D eigenvalue weighted by molar-refractivity contribution is 0.348. The van der Waals surface area contributed by atoms with Gasteiger partial charge in [-0.15, -0.1) is 0 Å². The first-order chi connectivity index (χ1) is 10.2. The maximum atomic E-state index is 5.95. The zero-order valence-corrected chi connectivity index (χ0v) is 11.9. The number of anilines is 1. The van der Waals surface area contributed by atoms with Crippen LogP contribution in [0, 0.1) is 0 Å². The molecular weight excluding hydrogens is 268 g/mol. The zero-order valence-electron chi connectivity index (χ0n) is 11.9. The van der Waals surface area contributed by atoms with Gasteiger partial charge in [0.2, 0.25) is 0 Å². The molecule has 108 valence electrons. The summed E-state index contributed by atoms with van der Waals surface area (Å²) in [4.78, 5) is 4.36. The summed E-state index contributed by atoms with van der Waals surface area (Å²) < 4.78 is 12.5. The molecule has 0 saturated heterocycles. The minimum Gasteiger partial charge on any atom is -0.493 e. The number of methoxy groups -OCH3 is 2. The van der Waals surface area contributed by atoms with Gasteiger partial charge in [-0.25, -0.2) is 0 Å². The van der Waals surface area contributed by atoms with Gasteiger partial charge in [0.15, 0.2) is 17.3 Å². The maximum absolute atomic E-state index is 5.95. The summed E-state index contributed by atoms with van der Waals surface area (Å²) in [5, 5.41) is 5.30. The Morgan fingerprint density at radius 1 is 1.14 bits per heavy atom. The van der Waals surface area contributed by atoms with E-state index in [2.05, 4.69) is 10.1 Å². The molecule has 2 aromatic heterocycles. The molecule has 0 spiro atoms. The summed E-state index contributed by atoms with van der Waals surface area (Å²) in [7, 11) is 3.20. The predicted octanol–water partition coefficient (Wildman–Crippen LogP) is 2.08. The van der Waals surface area contributed by atoms with Crippen molar-refractivity contribution in [2.45, 2.75) is 6.54 Å². The van der Waals surface area contributed by atoms with Crippen molar-refractivity contribution in [1.29, 1.82) is 0 Å². The van der Waals surface area contributed by atoms with Gasteiger partial charge in [0, 0.05) is 17.6 Å². The zero-order chi connectivity index (χ0) is 14.8. The summed E-state index contributed by atoms with van der Waals surface area (Å²) >= 11 is 0. The Morgan fingerprint density at radius 2 is 1.95 bits per heavy atom. The number of aromatic nitrogens is 3. The van der Waals surface area contributed by atoms with Crippen molar-refractivity contribution in [1.82, 2.24) is 14.8 Å². The number of benzene rings is 1. The molecule has 6 heteroatoms. The second-order valence-electron chi connectivity index (χ2n) is 4.55. The van der Waals surface area contributed by atoms with Crippen molar-refractivity contribution in [2.24, 2.45) is 0 Å². The van der Waals surface area contributed by atoms with Crippen LogP contribution in [0.5, 0.6) is 11.5 Å². The first kappa shape index (κ1) is 13.2. The summed E-state index contributed by atoms with van der Waals surface area (Å²) in [6, 6.07) is 9.58. The lowest BCUT2D eigenvalue weighted by Gasteiger charge is -2.11. The average molecular weight is 284 g/mol. The average Bonchev–Trinajstić information content (AvgIpc) is 2.84. The molecule has 6 nitrogen and oxygen atoms in total. The Labute approximate surface area is 122 Å². The number of hydrogen-bond acceptors (Lipinski definition) is 5. The van der Waals surface area contributed by atoms with E-state index in [1.165, 1.54) is 0 Å². The van der Waals surface area contributed by atoms with Gasteiger partial charge >= 0.3 is 0 Å². The largest absolute Gasteiger partial charge is 0.493 e. The van der Waals surface area contributed by atoms with Gasteiger partial charge < -0.3 is 15.2 Å². The monoisotopic (exact) mass is 284 g/mol. The number of nitrogen functional groups attached to an aromatic ring is 1. The number of nitrogens with two attached hydrogens (primary N) is 1. The van der Waals surface area contributed by atoms with E-state index in [0.29, 0.717) is 23.9 Å². The molecule has 2 N–H and O–H groups in total. The minimum atomic E-state index is 0.456. The van der Waals surface area contributed by atoms with Gasteiger partial charge in [-0.1, -0.05) is 12.1 Å². The van der Waals surface area contributed by atoms with Crippen LogP contribution < -0.4 is 15.2 Å². The number of fused-ring (bicyclic) bond motifs is 1. The van der Waals surface area contributed by atoms with Gasteiger partial charge in [-0.3, -0.25) is 9.67 Å². The highest BCUT2D eigenvalue weighted by Gasteiger charge is 2.14. The highest BCUT2D eigenvalue weighted by molar-refractivity contribution is 5.89. The number of ether oxygens (including phenoxy) is 2. The lowest BCUT2D eigenvalue weighted by atomic mass is 10.2. The number of nitrogens with zero attached hydrogens (tertiary/aromatic N) is 3. The Morgan fingerprint density at radius 3 is 2.71 bits per heavy atom. The van der Waals surface area contributed by atoms with Crippen LogP contribution in [0.1, 0.15) is 5.69 Å². The second-order valence-corrected chi connectivity index (χ2v) is 4.55. The molecule has 2 heterocycles. The van der Waals surface area contributed by atoms with Gasteiger partial charge in [-0.05, 0) is 12.1 Å². The molecule has 0 amide bonds. The van der Waals surface area contributed by atoms with E-state index in [-0.39, 0.29) is 0 Å². The van der Waals surface area contributed by atoms with Crippen molar-refractivity contribution >= 4 is 16.7 Å². The second kappa shape index (κ2) is 5.32. The van der Waals surface area contributed by atoms with E-state index >= 15 is 0 Å². The molecule has 0 aliphatic rings. The third kappa shape index (κ3) is 2.24. The topological polar surface area (TPSA) is 75.2 Å². The Hall–Kier alpha value is -2.76. The fraction of sp³-hybridized carbons (Fsp3) is 0.200. The SMILES string of the molecule is COc1ccnc(Cn2nc(N)c3ccccc32)c1OC. The molecule has 21 heavy (non-hydrogen) atoms. The number of rotatable bonds is 4. The van der Waals surface area contributed by atoms with E-state index in [4.69, 9.17) is 15.2 Å². The molecule has 0 saturated carbocycles. The first-order valence-corrected chi connectivity index (χ1v) is 6.51. The number of para-hydroxylation sites is 1. The van der Waals surface area contributed by atoms with Crippen LogP contribution in [0.15, 0.2) is 36.5 Å². The molecule has 3 rings (SSSR count). The van der Waals surface area contributed by atoms with Gasteiger partial charge in [0.25, 0.3) is 0 Å². The van der Waals surface area contributed by atoms with Crippen LogP contribution in [0.4, 0.5) is 5.82 Å². The molecule has 3 aromatic rings. The molecule has 0 unspecified atom stereocenters. The molecule has 0 aliphatic heterocycles. The van der Waals surface area contributed by atoms with Gasteiger partial charge in [-0.2, -0.15) is 5.10 Å². The van der Waals surface area contributed by atoms with Crippen LogP contribution in [0.3, 0.4) is 0 Å². The molecule has 0 aliphatic carbocycles. The number of pyridine rings is 1. The first-order valence-electron chi connectivity index (χ1n) is 6.51. The van der Waals surface area contributed by atoms with Crippen LogP contribution in [0.25, 0.3) is 10.9 Å². The molecule has 1 aromatic carbocycles. The fourth-order valence-electron chi connectivity index (χ4n) is 2.38. The summed E-state index contributed by atoms with van der Waals surface area (Å²) in [6.45, 7) is 0.456. The van der Waals surface area contributed by atoms with Crippen molar-refractivity contribution in [3.63, 3.8) is 0 Å². The molecule has 0 radical (unpaired) electrons. The number of hydrogen-bond donors (Lipinski definition) is 1. The van der Waals surface area contributed by atoms with Crippen molar-refractivity contribution < 1.29 is 9.47 Å². The quantitative estimate of drug-likeness (QED) is 0.794. The smallest absolute Gasteiger partial charge is 0.184 e. The Kier molecular flexibility index (Phi) is 3.35. The van der Waals surface area contributed by atoms with Crippen LogP contribution in [0.2, 0.25) is 0 Å². The highest BCUT2D eigenvalue weighted by atomic mass is 16.5. The van der Waals surface area contributed by atoms with Gasteiger partial charge in [0.1, 0.15) is 5.69 Å². The highest BCUT2D eigenvalue weighted by Crippen LogP contribution is 2.30. The Bertz CT molecular complexity index is 782. The van der Waals surface area contributed by atoms with Crippen molar-refractivity contribution in [2.75, 3.05) is 20.0 Å². The summed E-state index contributed by atoms with van der Waals surface area (Å²) in [6.07, 6.45) is 1.69. The third-order valence-electron chi connectivity index (χ3n) is 3.35. The lowest BCUT2D eigenvalue weighted by Crippen LogP contribution is -2.06. The third-order valence-corrected chi connectivity index (χ3v) is 3.35. The molecule has 0 atom stereocenters. The van der Waals surface area contributed by atoms with E-state index in [0.717, 1.165) is 16.6 Å². The summed E-state index contributed by atoms with van der Waals surface area (Å²) in [5.74, 6) is 1.76. The minimum absolute atomic E-state index is 0.456. The standard InChI is InChI=1S/C15H16N4O2/c1-20-13-7-8-17-11(14(13)21-2)9-19-12-6-4-3-5-10(12)15(16)18-19/h3-8H,9H2,1-2H3,(H2,16,18). The van der Waals surface area contributed by atoms with Crippen LogP contribution >= 0.6 is 0 Å². The normalized spacial score (nSPS) is 10.8. The summed E-state index contributed by atoms with van der Waals surface area (Å²) in [5.41, 5.74) is 7.65.